The van der Waals surface area contributed by atoms with Crippen LogP contribution in [0, 0.1) is 11.8 Å². The lowest BCUT2D eigenvalue weighted by molar-refractivity contribution is -0.138. The number of nitrogens with zero attached hydrogens (tertiary/aromatic N) is 3. The van der Waals surface area contributed by atoms with Gasteiger partial charge in [0.05, 0.1) is 5.92 Å². The van der Waals surface area contributed by atoms with Gasteiger partial charge in [0, 0.05) is 44.1 Å². The van der Waals surface area contributed by atoms with E-state index in [9.17, 15) is 14.4 Å². The molecule has 1 saturated heterocycles. The van der Waals surface area contributed by atoms with Crippen molar-refractivity contribution in [2.75, 3.05) is 40.8 Å². The molecule has 1 aliphatic heterocycles. The fourth-order valence-electron chi connectivity index (χ4n) is 4.30. The monoisotopic (exact) mass is 394 g/mol. The Balaban J connectivity index is 2.05. The molecule has 1 saturated carbocycles. The summed E-state index contributed by atoms with van der Waals surface area (Å²) in [6, 6.07) is 0.0716. The maximum Gasteiger partial charge on any atom is 0.324 e. The number of fused-ring (bicyclic) bond motifs is 1. The summed E-state index contributed by atoms with van der Waals surface area (Å²) >= 11 is 0. The van der Waals surface area contributed by atoms with Gasteiger partial charge in [-0.3, -0.25) is 14.5 Å². The van der Waals surface area contributed by atoms with Gasteiger partial charge in [-0.25, -0.2) is 4.79 Å². The van der Waals surface area contributed by atoms with Gasteiger partial charge in [0.1, 0.15) is 5.78 Å². The van der Waals surface area contributed by atoms with E-state index in [2.05, 4.69) is 29.0 Å². The quantitative estimate of drug-likeness (QED) is 0.746. The third kappa shape index (κ3) is 5.32. The van der Waals surface area contributed by atoms with Gasteiger partial charge in [0.25, 0.3) is 0 Å². The van der Waals surface area contributed by atoms with Crippen molar-refractivity contribution < 1.29 is 14.4 Å². The van der Waals surface area contributed by atoms with Crippen LogP contribution in [0.2, 0.25) is 0 Å². The Kier molecular flexibility index (Phi) is 7.62. The van der Waals surface area contributed by atoms with E-state index in [-0.39, 0.29) is 29.3 Å². The second-order valence-corrected chi connectivity index (χ2v) is 9.34. The van der Waals surface area contributed by atoms with Crippen molar-refractivity contribution in [1.82, 2.24) is 20.0 Å². The van der Waals surface area contributed by atoms with Crippen LogP contribution < -0.4 is 5.32 Å². The fraction of sp³-hybridized carbons (Fsp3) is 0.857. The summed E-state index contributed by atoms with van der Waals surface area (Å²) in [5, 5.41) is 2.94. The molecule has 2 aliphatic rings. The maximum atomic E-state index is 13.2. The number of rotatable bonds is 6. The summed E-state index contributed by atoms with van der Waals surface area (Å²) in [7, 11) is 5.98. The van der Waals surface area contributed by atoms with Crippen LogP contribution in [0.1, 0.15) is 52.9 Å². The molecule has 3 amide bonds. The number of carbonyl (C=O) groups is 3. The van der Waals surface area contributed by atoms with E-state index in [1.807, 2.05) is 28.1 Å². The molecule has 0 aromatic heterocycles. The molecular weight excluding hydrogens is 356 g/mol. The molecule has 7 nitrogen and oxygen atoms in total. The molecule has 1 N–H and O–H groups in total. The zero-order valence-electron chi connectivity index (χ0n) is 18.5. The Morgan fingerprint density at radius 3 is 2.57 bits per heavy atom. The standard InChI is InChI=1S/C21H38N4O3/c1-7-10-25(20(28)22-14-21(2,3)23(4)5)19(27)16-11-15-12-17(26)8-9-18(15)24(6)13-16/h15-16,18H,7-14H2,1-6H3,(H,22,28)/t15-,16-,18-/m1/s1. The van der Waals surface area contributed by atoms with Gasteiger partial charge >= 0.3 is 6.03 Å². The molecule has 0 radical (unpaired) electrons. The van der Waals surface area contributed by atoms with Gasteiger partial charge in [0.15, 0.2) is 0 Å². The van der Waals surface area contributed by atoms with Gasteiger partial charge in [0.2, 0.25) is 5.91 Å². The van der Waals surface area contributed by atoms with Crippen molar-refractivity contribution in [3.8, 4) is 0 Å². The summed E-state index contributed by atoms with van der Waals surface area (Å²) in [5.74, 6) is 0.201. The van der Waals surface area contributed by atoms with E-state index in [1.165, 1.54) is 4.90 Å². The number of carbonyl (C=O) groups excluding carboxylic acids is 3. The van der Waals surface area contributed by atoms with Gasteiger partial charge in [-0.05, 0) is 60.2 Å². The van der Waals surface area contributed by atoms with Crippen LogP contribution in [0.5, 0.6) is 0 Å². The van der Waals surface area contributed by atoms with Crippen molar-refractivity contribution in [2.24, 2.45) is 11.8 Å². The molecule has 160 valence electrons. The first-order valence-electron chi connectivity index (χ1n) is 10.6. The zero-order chi connectivity index (χ0) is 21.1. The van der Waals surface area contributed by atoms with Crippen LogP contribution >= 0.6 is 0 Å². The van der Waals surface area contributed by atoms with E-state index in [4.69, 9.17) is 0 Å². The second kappa shape index (κ2) is 9.35. The normalized spacial score (nSPS) is 26.1. The molecule has 28 heavy (non-hydrogen) atoms. The Labute approximate surface area is 169 Å². The summed E-state index contributed by atoms with van der Waals surface area (Å²) in [4.78, 5) is 43.6. The molecular formula is C21H38N4O3. The summed E-state index contributed by atoms with van der Waals surface area (Å²) in [6.07, 6.45) is 3.53. The van der Waals surface area contributed by atoms with Crippen LogP contribution in [0.4, 0.5) is 4.79 Å². The van der Waals surface area contributed by atoms with Crippen LogP contribution in [0.3, 0.4) is 0 Å². The highest BCUT2D eigenvalue weighted by molar-refractivity contribution is 5.95. The predicted molar refractivity (Wildman–Crippen MR) is 110 cm³/mol. The summed E-state index contributed by atoms with van der Waals surface area (Å²) in [5.41, 5.74) is -0.197. The molecule has 7 heteroatoms. The minimum atomic E-state index is -0.314. The lowest BCUT2D eigenvalue weighted by atomic mass is 9.74. The number of likely N-dealkylation sites (N-methyl/N-ethyl adjacent to an activating group) is 1. The van der Waals surface area contributed by atoms with Crippen molar-refractivity contribution in [3.63, 3.8) is 0 Å². The average Bonchev–Trinajstić information content (AvgIpc) is 2.63. The molecule has 2 fully saturated rings. The average molecular weight is 395 g/mol. The Hall–Kier alpha value is -1.47. The second-order valence-electron chi connectivity index (χ2n) is 9.34. The smallest absolute Gasteiger partial charge is 0.324 e. The van der Waals surface area contributed by atoms with Crippen molar-refractivity contribution in [3.05, 3.63) is 0 Å². The lowest BCUT2D eigenvalue weighted by Crippen LogP contribution is -2.56. The Morgan fingerprint density at radius 1 is 1.29 bits per heavy atom. The summed E-state index contributed by atoms with van der Waals surface area (Å²) < 4.78 is 0. The number of hydrogen-bond donors (Lipinski definition) is 1. The van der Waals surface area contributed by atoms with Crippen LogP contribution in [0.15, 0.2) is 0 Å². The topological polar surface area (TPSA) is 73.0 Å². The van der Waals surface area contributed by atoms with Gasteiger partial charge in [-0.15, -0.1) is 0 Å². The van der Waals surface area contributed by atoms with Crippen LogP contribution in [0.25, 0.3) is 0 Å². The van der Waals surface area contributed by atoms with Crippen molar-refractivity contribution in [2.45, 2.75) is 64.5 Å². The number of Topliss-reactive ketones (excluding diaryl/α,β-unsaturated/α-hetero) is 1. The van der Waals surface area contributed by atoms with Crippen molar-refractivity contribution in [1.29, 1.82) is 0 Å². The molecule has 0 aromatic carbocycles. The lowest BCUT2D eigenvalue weighted by Gasteiger charge is -2.45. The number of imide groups is 1. The van der Waals surface area contributed by atoms with Gasteiger partial charge < -0.3 is 15.1 Å². The number of hydrogen-bond acceptors (Lipinski definition) is 5. The van der Waals surface area contributed by atoms with E-state index in [0.717, 1.165) is 12.8 Å². The van der Waals surface area contributed by atoms with E-state index < -0.39 is 0 Å². The predicted octanol–water partition coefficient (Wildman–Crippen LogP) is 1.96. The molecule has 0 spiro atoms. The largest absolute Gasteiger partial charge is 0.336 e. The van der Waals surface area contributed by atoms with E-state index in [1.54, 1.807) is 0 Å². The van der Waals surface area contributed by atoms with E-state index in [0.29, 0.717) is 50.7 Å². The van der Waals surface area contributed by atoms with Crippen LogP contribution in [-0.2, 0) is 9.59 Å². The molecule has 0 unspecified atom stereocenters. The fourth-order valence-corrected chi connectivity index (χ4v) is 4.30. The van der Waals surface area contributed by atoms with Crippen molar-refractivity contribution >= 4 is 17.7 Å². The SMILES string of the molecule is CCCN(C(=O)NCC(C)(C)N(C)C)C(=O)[C@@H]1C[C@@H]2CC(=O)CC[C@H]2N(C)C1. The molecule has 1 aliphatic carbocycles. The number of nitrogens with one attached hydrogen (secondary N) is 1. The van der Waals surface area contributed by atoms with Gasteiger partial charge in [-0.1, -0.05) is 6.92 Å². The number of urea groups is 1. The number of amides is 3. The highest BCUT2D eigenvalue weighted by atomic mass is 16.2. The maximum absolute atomic E-state index is 13.2. The third-order valence-corrected chi connectivity index (χ3v) is 6.61. The highest BCUT2D eigenvalue weighted by Crippen LogP contribution is 2.36. The minimum Gasteiger partial charge on any atom is -0.336 e. The molecule has 0 bridgehead atoms. The minimum absolute atomic E-state index is 0.106. The first kappa shape index (κ1) is 22.8. The third-order valence-electron chi connectivity index (χ3n) is 6.61. The van der Waals surface area contributed by atoms with E-state index >= 15 is 0 Å². The number of ketones is 1. The number of piperidine rings is 1. The molecule has 3 atom stereocenters. The van der Waals surface area contributed by atoms with Crippen LogP contribution in [-0.4, -0.2) is 84.8 Å². The number of likely N-dealkylation sites (tertiary alicyclic amines) is 1. The highest BCUT2D eigenvalue weighted by Gasteiger charge is 2.42. The van der Waals surface area contributed by atoms with Gasteiger partial charge in [-0.2, -0.15) is 0 Å². The zero-order valence-corrected chi connectivity index (χ0v) is 18.5. The first-order chi connectivity index (χ1) is 13.1. The first-order valence-corrected chi connectivity index (χ1v) is 10.6. The molecule has 0 aromatic rings. The molecule has 1 heterocycles. The molecule has 2 rings (SSSR count). The Morgan fingerprint density at radius 2 is 1.96 bits per heavy atom. The Bertz CT molecular complexity index is 590. The summed E-state index contributed by atoms with van der Waals surface area (Å²) in [6.45, 7) is 7.62.